The summed E-state index contributed by atoms with van der Waals surface area (Å²) in [6.07, 6.45) is -7.25. The fourth-order valence-corrected chi connectivity index (χ4v) is 7.42. The third-order valence-corrected chi connectivity index (χ3v) is 11.0. The van der Waals surface area contributed by atoms with Gasteiger partial charge in [-0.15, -0.1) is 0 Å². The molecular weight excluding hydrogens is 865 g/mol. The van der Waals surface area contributed by atoms with Gasteiger partial charge in [-0.25, -0.2) is 4.98 Å². The molecule has 0 spiro atoms. The van der Waals surface area contributed by atoms with E-state index in [0.717, 1.165) is 38.6 Å². The fraction of sp³-hybridized carbons (Fsp3) is 0.367. The molecule has 1 aliphatic heterocycles. The number of ether oxygens (including phenoxy) is 5. The van der Waals surface area contributed by atoms with Crippen molar-refractivity contribution in [3.63, 3.8) is 0 Å². The van der Waals surface area contributed by atoms with Crippen LogP contribution in [0.25, 0.3) is 21.8 Å². The summed E-state index contributed by atoms with van der Waals surface area (Å²) >= 11 is 0. The van der Waals surface area contributed by atoms with Crippen LogP contribution in [-0.4, -0.2) is 108 Å². The van der Waals surface area contributed by atoms with Crippen LogP contribution < -0.4 is 27.0 Å². The third kappa shape index (κ3) is 14.0. The van der Waals surface area contributed by atoms with Gasteiger partial charge >= 0.3 is 11.9 Å². The molecule has 1 aromatic heterocycles. The Bertz CT molecular complexity index is 2440. The van der Waals surface area contributed by atoms with Crippen molar-refractivity contribution in [3.8, 4) is 0 Å². The monoisotopic (exact) mass is 920 g/mol. The summed E-state index contributed by atoms with van der Waals surface area (Å²) in [6, 6.07) is 29.8. The van der Waals surface area contributed by atoms with Crippen molar-refractivity contribution in [3.05, 3.63) is 120 Å². The van der Waals surface area contributed by atoms with Crippen molar-refractivity contribution in [2.45, 2.75) is 102 Å². The second kappa shape index (κ2) is 24.0. The second-order valence-electron chi connectivity index (χ2n) is 16.1. The van der Waals surface area contributed by atoms with Gasteiger partial charge in [0, 0.05) is 30.7 Å². The van der Waals surface area contributed by atoms with Crippen molar-refractivity contribution in [1.29, 1.82) is 0 Å². The number of fused-ring (bicyclic) bond motifs is 2. The van der Waals surface area contributed by atoms with Gasteiger partial charge in [0.25, 0.3) is 0 Å². The van der Waals surface area contributed by atoms with Gasteiger partial charge in [0.15, 0.2) is 6.29 Å². The zero-order valence-electron chi connectivity index (χ0n) is 37.4. The lowest BCUT2D eigenvalue weighted by Gasteiger charge is -2.45. The summed E-state index contributed by atoms with van der Waals surface area (Å²) in [4.78, 5) is 81.8. The number of aromatic nitrogens is 1. The molecule has 4 aromatic carbocycles. The molecule has 18 heteroatoms. The Labute approximate surface area is 387 Å². The number of nitrogens with one attached hydrogen (secondary N) is 4. The minimum absolute atomic E-state index is 0.0186. The van der Waals surface area contributed by atoms with E-state index in [2.05, 4.69) is 21.3 Å². The molecule has 0 bridgehead atoms. The summed E-state index contributed by atoms with van der Waals surface area (Å²) in [6.45, 7) is 3.81. The number of hydrogen-bond donors (Lipinski definition) is 6. The van der Waals surface area contributed by atoms with E-state index in [1.54, 1.807) is 24.3 Å². The maximum absolute atomic E-state index is 13.5. The number of hydrogen-bond acceptors (Lipinski definition) is 14. The average Bonchev–Trinajstić information content (AvgIpc) is 3.32. The van der Waals surface area contributed by atoms with Gasteiger partial charge < -0.3 is 55.8 Å². The van der Waals surface area contributed by atoms with Crippen LogP contribution in [0.2, 0.25) is 0 Å². The lowest BCUT2D eigenvalue weighted by molar-refractivity contribution is -0.284. The standard InChI is InChI=1S/C49H56N6O12/c1-29(47(61)55-38(46(50)60)22-23-40(57)63-26-32-14-6-4-7-15-32)52-48(62)30(2)66-45-43(53-31(3)56)49(65-27-33-16-8-5-9-17-33)67-39(44(45)59)28-64-41(58)24-25-51-42-34-18-10-12-20-36(34)54-37-21-13-11-19-35(37)42/h4-21,29-30,38-39,43-45,49,59H,22-28H2,1-3H3,(H2,50,60)(H,51,54)(H,52,62)(H,53,56)(H,55,61)/t29-,30?,38+,39+,43+,44+,45+,49-/m0/s1. The summed E-state index contributed by atoms with van der Waals surface area (Å²) < 4.78 is 29.3. The van der Waals surface area contributed by atoms with E-state index in [1.165, 1.54) is 20.8 Å². The Morgan fingerprint density at radius 1 is 0.746 bits per heavy atom. The number of rotatable bonds is 22. The number of esters is 2. The zero-order valence-corrected chi connectivity index (χ0v) is 37.4. The Morgan fingerprint density at radius 2 is 1.33 bits per heavy atom. The van der Waals surface area contributed by atoms with Gasteiger partial charge in [0.1, 0.15) is 55.8 Å². The van der Waals surface area contributed by atoms with Crippen LogP contribution >= 0.6 is 0 Å². The normalized spacial score (nSPS) is 19.3. The fourth-order valence-electron chi connectivity index (χ4n) is 7.42. The highest BCUT2D eigenvalue weighted by Crippen LogP contribution is 2.31. The number of anilines is 1. The summed E-state index contributed by atoms with van der Waals surface area (Å²) in [5.41, 5.74) is 9.47. The van der Waals surface area contributed by atoms with E-state index in [0.29, 0.717) is 0 Å². The van der Waals surface area contributed by atoms with Crippen molar-refractivity contribution < 1.29 is 57.6 Å². The van der Waals surface area contributed by atoms with Crippen LogP contribution in [0.4, 0.5) is 5.69 Å². The summed E-state index contributed by atoms with van der Waals surface area (Å²) in [7, 11) is 0. The molecule has 5 aromatic rings. The highest BCUT2D eigenvalue weighted by Gasteiger charge is 2.49. The molecule has 0 radical (unpaired) electrons. The molecular formula is C49H56N6O12. The number of amides is 4. The second-order valence-corrected chi connectivity index (χ2v) is 16.1. The van der Waals surface area contributed by atoms with Gasteiger partial charge in [0.05, 0.1) is 29.7 Å². The van der Waals surface area contributed by atoms with Crippen LogP contribution in [0.15, 0.2) is 109 Å². The number of para-hydroxylation sites is 2. The van der Waals surface area contributed by atoms with Gasteiger partial charge in [-0.2, -0.15) is 0 Å². The van der Waals surface area contributed by atoms with Crippen molar-refractivity contribution in [2.75, 3.05) is 18.5 Å². The van der Waals surface area contributed by atoms with Crippen LogP contribution in [0, 0.1) is 0 Å². The Kier molecular flexibility index (Phi) is 17.7. The third-order valence-electron chi connectivity index (χ3n) is 11.0. The minimum Gasteiger partial charge on any atom is -0.463 e. The Balaban J connectivity index is 1.08. The number of benzene rings is 4. The molecule has 4 amide bonds. The highest BCUT2D eigenvalue weighted by molar-refractivity contribution is 6.07. The molecule has 1 saturated heterocycles. The quantitative estimate of drug-likeness (QED) is 0.0431. The molecule has 0 saturated carbocycles. The van der Waals surface area contributed by atoms with E-state index in [1.807, 2.05) is 84.9 Å². The molecule has 18 nitrogen and oxygen atoms in total. The van der Waals surface area contributed by atoms with Crippen LogP contribution in [0.5, 0.6) is 0 Å². The van der Waals surface area contributed by atoms with Crippen molar-refractivity contribution in [1.82, 2.24) is 20.9 Å². The van der Waals surface area contributed by atoms with E-state index < -0.39 is 91.0 Å². The number of aliphatic hydroxyl groups is 1. The van der Waals surface area contributed by atoms with Crippen LogP contribution in [-0.2, 0) is 65.7 Å². The molecule has 8 atom stereocenters. The van der Waals surface area contributed by atoms with Crippen molar-refractivity contribution in [2.24, 2.45) is 5.73 Å². The molecule has 354 valence electrons. The number of nitrogens with two attached hydrogens (primary N) is 1. The van der Waals surface area contributed by atoms with Gasteiger partial charge in [-0.05, 0) is 43.5 Å². The smallest absolute Gasteiger partial charge is 0.307 e. The predicted octanol–water partition coefficient (Wildman–Crippen LogP) is 3.31. The average molecular weight is 921 g/mol. The number of primary amides is 1. The first-order valence-corrected chi connectivity index (χ1v) is 22.0. The number of nitrogens with zero attached hydrogens (tertiary/aromatic N) is 1. The van der Waals surface area contributed by atoms with E-state index in [-0.39, 0.29) is 39.0 Å². The first-order valence-electron chi connectivity index (χ1n) is 22.0. The Morgan fingerprint density at radius 3 is 1.94 bits per heavy atom. The van der Waals surface area contributed by atoms with E-state index in [4.69, 9.17) is 34.4 Å². The molecule has 0 aliphatic carbocycles. The minimum atomic E-state index is -1.58. The molecule has 67 heavy (non-hydrogen) atoms. The van der Waals surface area contributed by atoms with Crippen molar-refractivity contribution >= 4 is 63.1 Å². The SMILES string of the molecule is CC(=O)N[C@H]1[C@@H](OCc2ccccc2)O[C@H](COC(=O)CCNc2c3ccccc3nc3ccccc23)[C@@H](O)[C@@H]1OC(C)C(=O)N[C@@H](C)C(=O)N[C@H](CCC(=O)OCc1ccccc1)C(N)=O. The number of carbonyl (C=O) groups is 6. The van der Waals surface area contributed by atoms with E-state index >= 15 is 0 Å². The van der Waals surface area contributed by atoms with Crippen LogP contribution in [0.1, 0.15) is 51.2 Å². The largest absolute Gasteiger partial charge is 0.463 e. The lowest BCUT2D eigenvalue weighted by Crippen LogP contribution is -2.66. The van der Waals surface area contributed by atoms with Crippen LogP contribution in [0.3, 0.4) is 0 Å². The molecule has 6 rings (SSSR count). The molecule has 1 aliphatic rings. The van der Waals surface area contributed by atoms with Gasteiger partial charge in [0.2, 0.25) is 23.6 Å². The molecule has 2 heterocycles. The zero-order chi connectivity index (χ0) is 47.9. The predicted molar refractivity (Wildman–Crippen MR) is 245 cm³/mol. The summed E-state index contributed by atoms with van der Waals surface area (Å²) in [5.74, 6) is -4.20. The van der Waals surface area contributed by atoms with Gasteiger partial charge in [-0.3, -0.25) is 28.8 Å². The maximum Gasteiger partial charge on any atom is 0.307 e. The van der Waals surface area contributed by atoms with Gasteiger partial charge in [-0.1, -0.05) is 97.1 Å². The molecule has 7 N–H and O–H groups in total. The maximum atomic E-state index is 13.5. The Hall–Kier alpha value is -6.99. The summed E-state index contributed by atoms with van der Waals surface area (Å²) in [5, 5.41) is 24.6. The number of carbonyl (C=O) groups excluding carboxylic acids is 6. The lowest BCUT2D eigenvalue weighted by atomic mass is 9.96. The van der Waals surface area contributed by atoms with E-state index in [9.17, 15) is 33.9 Å². The first kappa shape index (κ1) is 49.4. The molecule has 1 unspecified atom stereocenters. The number of aliphatic hydroxyl groups excluding tert-OH is 1. The first-order chi connectivity index (χ1) is 32.3. The highest BCUT2D eigenvalue weighted by atomic mass is 16.7. The topological polar surface area (TPSA) is 256 Å². The molecule has 1 fully saturated rings. The number of pyridine rings is 1.